The zero-order chi connectivity index (χ0) is 7.15. The molecule has 0 heterocycles. The smallest absolute Gasteiger partial charge is 0.0172 e. The molecular weight excluding hydrogens is 333 g/mol. The minimum absolute atomic E-state index is 0. The van der Waals surface area contributed by atoms with Crippen LogP contribution in [0.15, 0.2) is 0 Å². The molecule has 0 rings (SSSR count). The zero-order valence-electron chi connectivity index (χ0n) is 3.90. The molecule has 0 spiro atoms. The van der Waals surface area contributed by atoms with Gasteiger partial charge in [0.25, 0.3) is 0 Å². The van der Waals surface area contributed by atoms with Crippen LogP contribution in [0.25, 0.3) is 0 Å². The van der Waals surface area contributed by atoms with E-state index in [1.807, 2.05) is 0 Å². The molecule has 0 saturated carbocycles. The maximum Gasteiger partial charge on any atom is 0.0172 e. The summed E-state index contributed by atoms with van der Waals surface area (Å²) in [6, 6.07) is 0. The second-order valence-electron chi connectivity index (χ2n) is 0.500. The number of rotatable bonds is 0. The average Bonchev–Trinajstić information content (AvgIpc) is 1.25. The SMILES string of the molecule is O=[Si]([O-])[O-].O=[Si]([O-])[O-].[Ta]. The van der Waals surface area contributed by atoms with E-state index in [4.69, 9.17) is 28.1 Å². The zero-order valence-corrected chi connectivity index (χ0v) is 9.11. The molecule has 9 heteroatoms. The van der Waals surface area contributed by atoms with Gasteiger partial charge in [-0.05, 0) is 0 Å². The average molecular weight is 333 g/mol. The van der Waals surface area contributed by atoms with E-state index in [1.54, 1.807) is 0 Å². The third kappa shape index (κ3) is 422000. The van der Waals surface area contributed by atoms with Gasteiger partial charge in [0.15, 0.2) is 0 Å². The van der Waals surface area contributed by atoms with Crippen molar-refractivity contribution >= 4 is 18.3 Å². The van der Waals surface area contributed by atoms with Crippen molar-refractivity contribution in [1.29, 1.82) is 0 Å². The maximum absolute atomic E-state index is 8.52. The fraction of sp³-hybridized carbons (Fsp3) is 0. The van der Waals surface area contributed by atoms with Gasteiger partial charge in [-0.25, -0.2) is 0 Å². The summed E-state index contributed by atoms with van der Waals surface area (Å²) in [5, 5.41) is 0. The summed E-state index contributed by atoms with van der Waals surface area (Å²) in [7, 11) is -7.26. The number of hydrogen-bond acceptors (Lipinski definition) is 6. The van der Waals surface area contributed by atoms with Gasteiger partial charge in [-0.1, -0.05) is 0 Å². The standard InChI is InChI=1S/2O3Si.Ta/c2*1-4(2)3;/q2*-2;. The van der Waals surface area contributed by atoms with E-state index in [-0.39, 0.29) is 22.4 Å². The molecule has 1 radical (unpaired) electrons. The molecule has 0 saturated heterocycles. The van der Waals surface area contributed by atoms with Crippen LogP contribution in [-0.2, 0) is 31.3 Å². The van der Waals surface area contributed by atoms with Gasteiger partial charge >= 0.3 is 0 Å². The van der Waals surface area contributed by atoms with Crippen molar-refractivity contribution in [2.75, 3.05) is 0 Å². The Morgan fingerprint density at radius 3 is 0.778 bits per heavy atom. The van der Waals surface area contributed by atoms with Crippen LogP contribution in [0.5, 0.6) is 0 Å². The number of hydrogen-bond donors (Lipinski definition) is 0. The Hall–Kier alpha value is -0.0260. The van der Waals surface area contributed by atoms with Crippen LogP contribution in [0.4, 0.5) is 0 Å². The van der Waals surface area contributed by atoms with Crippen LogP contribution in [-0.4, -0.2) is 18.3 Å². The fourth-order valence-electron chi connectivity index (χ4n) is 0. The van der Waals surface area contributed by atoms with E-state index in [0.29, 0.717) is 0 Å². The molecule has 0 aromatic carbocycles. The first-order chi connectivity index (χ1) is 3.46. The van der Waals surface area contributed by atoms with E-state index >= 15 is 0 Å². The van der Waals surface area contributed by atoms with Crippen LogP contribution in [0.2, 0.25) is 0 Å². The van der Waals surface area contributed by atoms with Crippen LogP contribution >= 0.6 is 0 Å². The monoisotopic (exact) mass is 333 g/mol. The van der Waals surface area contributed by atoms with E-state index < -0.39 is 18.3 Å². The topological polar surface area (TPSA) is 126 Å². The van der Waals surface area contributed by atoms with Crippen molar-refractivity contribution in [3.8, 4) is 0 Å². The van der Waals surface area contributed by atoms with Gasteiger partial charge < -0.3 is 28.1 Å². The van der Waals surface area contributed by atoms with E-state index in [1.165, 1.54) is 0 Å². The third-order valence-corrected chi connectivity index (χ3v) is 0. The van der Waals surface area contributed by atoms with Gasteiger partial charge in [0.05, 0.1) is 0 Å². The summed E-state index contributed by atoms with van der Waals surface area (Å²) >= 11 is 0. The molecule has 0 N–H and O–H groups in total. The van der Waals surface area contributed by atoms with Crippen molar-refractivity contribution in [3.63, 3.8) is 0 Å². The Morgan fingerprint density at radius 2 is 0.778 bits per heavy atom. The van der Waals surface area contributed by atoms with Crippen molar-refractivity contribution in [1.82, 2.24) is 0 Å². The first-order valence-electron chi connectivity index (χ1n) is 1.22. The molecule has 0 aromatic rings. The third-order valence-electron chi connectivity index (χ3n) is 0. The Kier molecular flexibility index (Phi) is 19.3. The van der Waals surface area contributed by atoms with E-state index in [0.717, 1.165) is 0 Å². The van der Waals surface area contributed by atoms with Crippen molar-refractivity contribution in [2.24, 2.45) is 0 Å². The maximum atomic E-state index is 8.52. The summed E-state index contributed by atoms with van der Waals surface area (Å²) in [5.41, 5.74) is 0. The molecule has 0 aliphatic heterocycles. The molecule has 0 amide bonds. The van der Waals surface area contributed by atoms with E-state index in [9.17, 15) is 0 Å². The van der Waals surface area contributed by atoms with Gasteiger partial charge in [-0.15, -0.1) is 0 Å². The summed E-state index contributed by atoms with van der Waals surface area (Å²) < 4.78 is 17.0. The molecule has 0 aromatic heterocycles. The quantitative estimate of drug-likeness (QED) is 0.407. The Labute approximate surface area is 69.1 Å². The fourth-order valence-corrected chi connectivity index (χ4v) is 0. The molecule has 0 fully saturated rings. The van der Waals surface area contributed by atoms with Crippen LogP contribution in [0.3, 0.4) is 0 Å². The van der Waals surface area contributed by atoms with Crippen LogP contribution in [0.1, 0.15) is 0 Å². The van der Waals surface area contributed by atoms with Crippen molar-refractivity contribution < 1.29 is 50.5 Å². The molecule has 0 bridgehead atoms. The van der Waals surface area contributed by atoms with E-state index in [2.05, 4.69) is 0 Å². The van der Waals surface area contributed by atoms with Crippen molar-refractivity contribution in [2.45, 2.75) is 0 Å². The Morgan fingerprint density at radius 1 is 0.778 bits per heavy atom. The second kappa shape index (κ2) is 10.9. The molecule has 0 unspecified atom stereocenters. The van der Waals surface area contributed by atoms with Crippen molar-refractivity contribution in [3.05, 3.63) is 0 Å². The molecule has 0 aliphatic rings. The summed E-state index contributed by atoms with van der Waals surface area (Å²) in [4.78, 5) is 34.1. The van der Waals surface area contributed by atoms with Gasteiger partial charge in [-0.2, -0.15) is 0 Å². The van der Waals surface area contributed by atoms with Crippen LogP contribution in [0, 0.1) is 0 Å². The predicted molar refractivity (Wildman–Crippen MR) is 12.9 cm³/mol. The normalized spacial score (nSPS) is 5.33. The van der Waals surface area contributed by atoms with Gasteiger partial charge in [0.1, 0.15) is 0 Å². The van der Waals surface area contributed by atoms with Gasteiger partial charge in [0, 0.05) is 40.7 Å². The second-order valence-corrected chi connectivity index (χ2v) is 1.50. The largest absolute Gasteiger partial charge is 0.672 e. The molecule has 9 heavy (non-hydrogen) atoms. The molecule has 6 nitrogen and oxygen atoms in total. The minimum atomic E-state index is -3.63. The Balaban J connectivity index is -0.0000000720. The van der Waals surface area contributed by atoms with Crippen LogP contribution < -0.4 is 19.2 Å². The summed E-state index contributed by atoms with van der Waals surface area (Å²) in [5.74, 6) is 0. The predicted octanol–water partition coefficient (Wildman–Crippen LogP) is -5.76. The summed E-state index contributed by atoms with van der Waals surface area (Å²) in [6.07, 6.45) is 0. The Bertz CT molecular complexity index is 69.1. The minimum Gasteiger partial charge on any atom is -0.672 e. The molecule has 53 valence electrons. The van der Waals surface area contributed by atoms with Gasteiger partial charge in [-0.3, -0.25) is 0 Å². The molecule has 0 aliphatic carbocycles. The first kappa shape index (κ1) is 16.0. The first-order valence-corrected chi connectivity index (χ1v) is 3.67. The summed E-state index contributed by atoms with van der Waals surface area (Å²) in [6.45, 7) is 0. The van der Waals surface area contributed by atoms with Gasteiger partial charge in [0.2, 0.25) is 0 Å². The molecular formula is O6Si2Ta-4. The molecule has 0 atom stereocenters.